The molecule has 2 rings (SSSR count). The maximum absolute atomic E-state index is 5.92. The normalized spacial score (nSPS) is 15.7. The van der Waals surface area contributed by atoms with Crippen molar-refractivity contribution in [3.8, 4) is 11.5 Å². The highest BCUT2D eigenvalue weighted by molar-refractivity contribution is 5.41. The molecule has 0 radical (unpaired) electrons. The number of rotatable bonds is 8. The molecule has 0 aliphatic carbocycles. The van der Waals surface area contributed by atoms with Crippen molar-refractivity contribution in [1.82, 2.24) is 4.90 Å². The van der Waals surface area contributed by atoms with Gasteiger partial charge in [0, 0.05) is 25.2 Å². The van der Waals surface area contributed by atoms with Gasteiger partial charge in [0.15, 0.2) is 0 Å². The van der Waals surface area contributed by atoms with Crippen LogP contribution in [0.5, 0.6) is 11.5 Å². The standard InChI is InChI=1S/C17H25NO3/c1-3-5-15-14-16(19-2)6-7-17(15)21-11-4-8-18-9-12-20-13-10-18/h3,6-7,14H,1,4-5,8-13H2,2H3. The number of nitrogens with zero attached hydrogens (tertiary/aromatic N) is 1. The lowest BCUT2D eigenvalue weighted by Gasteiger charge is -2.26. The Balaban J connectivity index is 1.80. The zero-order valence-electron chi connectivity index (χ0n) is 12.8. The summed E-state index contributed by atoms with van der Waals surface area (Å²) in [5.41, 5.74) is 1.12. The predicted molar refractivity (Wildman–Crippen MR) is 84.3 cm³/mol. The van der Waals surface area contributed by atoms with E-state index in [-0.39, 0.29) is 0 Å². The molecule has 0 spiro atoms. The second-order valence-electron chi connectivity index (χ2n) is 5.12. The molecule has 0 saturated carbocycles. The Morgan fingerprint density at radius 3 is 2.86 bits per heavy atom. The minimum absolute atomic E-state index is 0.730. The number of allylic oxidation sites excluding steroid dienone is 1. The van der Waals surface area contributed by atoms with Crippen LogP contribution in [-0.4, -0.2) is 51.5 Å². The number of hydrogen-bond acceptors (Lipinski definition) is 4. The van der Waals surface area contributed by atoms with Crippen LogP contribution in [0.1, 0.15) is 12.0 Å². The number of benzene rings is 1. The molecule has 1 aromatic carbocycles. The topological polar surface area (TPSA) is 30.9 Å². The van der Waals surface area contributed by atoms with E-state index >= 15 is 0 Å². The minimum Gasteiger partial charge on any atom is -0.497 e. The Labute approximate surface area is 127 Å². The van der Waals surface area contributed by atoms with Crippen LogP contribution in [0.4, 0.5) is 0 Å². The van der Waals surface area contributed by atoms with E-state index < -0.39 is 0 Å². The van der Waals surface area contributed by atoms with Crippen molar-refractivity contribution in [1.29, 1.82) is 0 Å². The smallest absolute Gasteiger partial charge is 0.123 e. The van der Waals surface area contributed by atoms with Gasteiger partial charge in [-0.25, -0.2) is 0 Å². The third kappa shape index (κ3) is 5.06. The third-order valence-corrected chi connectivity index (χ3v) is 3.61. The van der Waals surface area contributed by atoms with Gasteiger partial charge in [-0.1, -0.05) is 6.08 Å². The van der Waals surface area contributed by atoms with E-state index in [4.69, 9.17) is 14.2 Å². The third-order valence-electron chi connectivity index (χ3n) is 3.61. The Morgan fingerprint density at radius 1 is 1.33 bits per heavy atom. The largest absolute Gasteiger partial charge is 0.497 e. The molecular weight excluding hydrogens is 266 g/mol. The van der Waals surface area contributed by atoms with Crippen molar-refractivity contribution in [2.45, 2.75) is 12.8 Å². The van der Waals surface area contributed by atoms with Crippen LogP contribution in [0.25, 0.3) is 0 Å². The molecule has 4 heteroatoms. The van der Waals surface area contributed by atoms with Crippen molar-refractivity contribution in [2.24, 2.45) is 0 Å². The van der Waals surface area contributed by atoms with Crippen LogP contribution in [-0.2, 0) is 11.2 Å². The average Bonchev–Trinajstić information content (AvgIpc) is 2.54. The van der Waals surface area contributed by atoms with Crippen molar-refractivity contribution in [2.75, 3.05) is 46.6 Å². The molecule has 1 aromatic rings. The van der Waals surface area contributed by atoms with E-state index in [1.165, 1.54) is 0 Å². The lowest BCUT2D eigenvalue weighted by atomic mass is 10.1. The second-order valence-corrected chi connectivity index (χ2v) is 5.12. The molecule has 0 bridgehead atoms. The molecule has 1 fully saturated rings. The predicted octanol–water partition coefficient (Wildman–Crippen LogP) is 2.52. The molecule has 0 atom stereocenters. The summed E-state index contributed by atoms with van der Waals surface area (Å²) in [4.78, 5) is 2.42. The summed E-state index contributed by atoms with van der Waals surface area (Å²) in [5, 5.41) is 0. The zero-order chi connectivity index (χ0) is 14.9. The summed E-state index contributed by atoms with van der Waals surface area (Å²) in [6.07, 6.45) is 3.70. The molecule has 0 N–H and O–H groups in total. The fraction of sp³-hybridized carbons (Fsp3) is 0.529. The Morgan fingerprint density at radius 2 is 2.14 bits per heavy atom. The first-order chi connectivity index (χ1) is 10.3. The highest BCUT2D eigenvalue weighted by atomic mass is 16.5. The van der Waals surface area contributed by atoms with Gasteiger partial charge in [-0.3, -0.25) is 4.90 Å². The highest BCUT2D eigenvalue weighted by Crippen LogP contribution is 2.25. The molecule has 1 heterocycles. The van der Waals surface area contributed by atoms with Crippen LogP contribution >= 0.6 is 0 Å². The van der Waals surface area contributed by atoms with E-state index in [2.05, 4.69) is 11.5 Å². The molecule has 21 heavy (non-hydrogen) atoms. The molecule has 0 aromatic heterocycles. The first-order valence-electron chi connectivity index (χ1n) is 7.54. The number of ether oxygens (including phenoxy) is 3. The van der Waals surface area contributed by atoms with Crippen molar-refractivity contribution in [3.05, 3.63) is 36.4 Å². The fourth-order valence-corrected chi connectivity index (χ4v) is 2.43. The number of hydrogen-bond donors (Lipinski definition) is 0. The Kier molecular flexibility index (Phi) is 6.57. The zero-order valence-corrected chi connectivity index (χ0v) is 12.8. The SMILES string of the molecule is C=CCc1cc(OC)ccc1OCCCN1CCOCC1. The molecular formula is C17H25NO3. The minimum atomic E-state index is 0.730. The maximum Gasteiger partial charge on any atom is 0.123 e. The summed E-state index contributed by atoms with van der Waals surface area (Å²) in [6, 6.07) is 5.93. The molecule has 1 saturated heterocycles. The van der Waals surface area contributed by atoms with Gasteiger partial charge in [-0.15, -0.1) is 6.58 Å². The summed E-state index contributed by atoms with van der Waals surface area (Å²) in [7, 11) is 1.68. The quantitative estimate of drug-likeness (QED) is 0.544. The maximum atomic E-state index is 5.92. The van der Waals surface area contributed by atoms with E-state index in [1.807, 2.05) is 24.3 Å². The monoisotopic (exact) mass is 291 g/mol. The molecule has 4 nitrogen and oxygen atoms in total. The number of morpholine rings is 1. The first-order valence-corrected chi connectivity index (χ1v) is 7.54. The number of methoxy groups -OCH3 is 1. The van der Waals surface area contributed by atoms with Gasteiger partial charge in [0.1, 0.15) is 11.5 Å². The Bertz CT molecular complexity index is 442. The van der Waals surface area contributed by atoms with Crippen LogP contribution < -0.4 is 9.47 Å². The van der Waals surface area contributed by atoms with Crippen LogP contribution in [0, 0.1) is 0 Å². The van der Waals surface area contributed by atoms with Crippen molar-refractivity contribution < 1.29 is 14.2 Å². The Hall–Kier alpha value is -1.52. The van der Waals surface area contributed by atoms with Gasteiger partial charge in [-0.2, -0.15) is 0 Å². The average molecular weight is 291 g/mol. The van der Waals surface area contributed by atoms with Gasteiger partial charge >= 0.3 is 0 Å². The molecule has 0 unspecified atom stereocenters. The summed E-state index contributed by atoms with van der Waals surface area (Å²) in [6.45, 7) is 9.36. The summed E-state index contributed by atoms with van der Waals surface area (Å²) < 4.78 is 16.5. The molecule has 116 valence electrons. The van der Waals surface area contributed by atoms with Crippen LogP contribution in [0.2, 0.25) is 0 Å². The molecule has 1 aliphatic heterocycles. The van der Waals surface area contributed by atoms with Crippen LogP contribution in [0.3, 0.4) is 0 Å². The summed E-state index contributed by atoms with van der Waals surface area (Å²) in [5.74, 6) is 1.78. The van der Waals surface area contributed by atoms with Gasteiger partial charge < -0.3 is 14.2 Å². The second kappa shape index (κ2) is 8.70. The lowest BCUT2D eigenvalue weighted by molar-refractivity contribution is 0.0358. The van der Waals surface area contributed by atoms with E-state index in [0.717, 1.165) is 69.4 Å². The highest BCUT2D eigenvalue weighted by Gasteiger charge is 2.10. The molecule has 0 amide bonds. The van der Waals surface area contributed by atoms with E-state index in [9.17, 15) is 0 Å². The van der Waals surface area contributed by atoms with E-state index in [1.54, 1.807) is 7.11 Å². The van der Waals surface area contributed by atoms with Crippen LogP contribution in [0.15, 0.2) is 30.9 Å². The van der Waals surface area contributed by atoms with E-state index in [0.29, 0.717) is 0 Å². The van der Waals surface area contributed by atoms with Gasteiger partial charge in [0.05, 0.1) is 26.9 Å². The van der Waals surface area contributed by atoms with Crippen molar-refractivity contribution in [3.63, 3.8) is 0 Å². The first kappa shape index (κ1) is 15.9. The lowest BCUT2D eigenvalue weighted by Crippen LogP contribution is -2.37. The van der Waals surface area contributed by atoms with Gasteiger partial charge in [0.25, 0.3) is 0 Å². The molecule has 1 aliphatic rings. The summed E-state index contributed by atoms with van der Waals surface area (Å²) >= 11 is 0. The van der Waals surface area contributed by atoms with Gasteiger partial charge in [-0.05, 0) is 31.0 Å². The fourth-order valence-electron chi connectivity index (χ4n) is 2.43. The van der Waals surface area contributed by atoms with Gasteiger partial charge in [0.2, 0.25) is 0 Å². The van der Waals surface area contributed by atoms with Crippen molar-refractivity contribution >= 4 is 0 Å².